The minimum absolute atomic E-state index is 0.146. The SMILES string of the molecule is [B]C(C)Br. The summed E-state index contributed by atoms with van der Waals surface area (Å²) in [5.74, 6) is 0. The molecule has 0 aliphatic carbocycles. The van der Waals surface area contributed by atoms with Gasteiger partial charge in [-0.3, -0.25) is 0 Å². The average Bonchev–Trinajstić information content (AvgIpc) is 0.811. The van der Waals surface area contributed by atoms with E-state index in [2.05, 4.69) is 15.9 Å². The van der Waals surface area contributed by atoms with Gasteiger partial charge in [0.25, 0.3) is 0 Å². The molecule has 0 fully saturated rings. The highest BCUT2D eigenvalue weighted by atomic mass is 79.9. The van der Waals surface area contributed by atoms with Gasteiger partial charge in [0.05, 0.1) is 7.85 Å². The molecule has 0 N–H and O–H groups in total. The molecule has 0 saturated heterocycles. The van der Waals surface area contributed by atoms with Crippen molar-refractivity contribution in [2.45, 2.75) is 11.7 Å². The van der Waals surface area contributed by atoms with Gasteiger partial charge in [0.1, 0.15) is 0 Å². The van der Waals surface area contributed by atoms with E-state index in [1.807, 2.05) is 6.92 Å². The van der Waals surface area contributed by atoms with Crippen molar-refractivity contribution < 1.29 is 0 Å². The highest BCUT2D eigenvalue weighted by molar-refractivity contribution is 9.10. The Morgan fingerprint density at radius 3 is 2.00 bits per heavy atom. The summed E-state index contributed by atoms with van der Waals surface area (Å²) in [6.45, 7) is 1.86. The maximum Gasteiger partial charge on any atom is 0.0851 e. The van der Waals surface area contributed by atoms with Gasteiger partial charge in [0.2, 0.25) is 0 Å². The van der Waals surface area contributed by atoms with Crippen molar-refractivity contribution in [1.82, 2.24) is 0 Å². The zero-order valence-corrected chi connectivity index (χ0v) is 4.12. The molecular formula is C2H4BBr. The zero-order chi connectivity index (χ0) is 3.58. The van der Waals surface area contributed by atoms with Crippen LogP contribution in [0.3, 0.4) is 0 Å². The first-order valence-corrected chi connectivity index (χ1v) is 2.04. The molecule has 0 bridgehead atoms. The van der Waals surface area contributed by atoms with Crippen LogP contribution in [0.4, 0.5) is 0 Å². The average molecular weight is 119 g/mol. The first-order valence-electron chi connectivity index (χ1n) is 1.13. The molecule has 0 aliphatic heterocycles. The van der Waals surface area contributed by atoms with Gasteiger partial charge < -0.3 is 0 Å². The fraction of sp³-hybridized carbons (Fsp3) is 1.00. The molecule has 4 heavy (non-hydrogen) atoms. The van der Waals surface area contributed by atoms with E-state index in [1.165, 1.54) is 0 Å². The molecule has 0 amide bonds. The lowest BCUT2D eigenvalue weighted by Gasteiger charge is -1.76. The molecule has 0 aromatic rings. The van der Waals surface area contributed by atoms with E-state index in [9.17, 15) is 0 Å². The second-order valence-corrected chi connectivity index (χ2v) is 2.12. The lowest BCUT2D eigenvalue weighted by atomic mass is 10.1. The molecule has 2 radical (unpaired) electrons. The summed E-state index contributed by atoms with van der Waals surface area (Å²) in [6.07, 6.45) is 0. The predicted octanol–water partition coefficient (Wildman–Crippen LogP) is 0.896. The van der Waals surface area contributed by atoms with Crippen molar-refractivity contribution in [3.8, 4) is 0 Å². The summed E-state index contributed by atoms with van der Waals surface area (Å²) in [5.41, 5.74) is 0. The third-order valence-corrected chi connectivity index (χ3v) is 0. The molecule has 22 valence electrons. The highest BCUT2D eigenvalue weighted by Crippen LogP contribution is 1.84. The molecule has 0 aliphatic rings. The van der Waals surface area contributed by atoms with Crippen molar-refractivity contribution in [3.63, 3.8) is 0 Å². The minimum Gasteiger partial charge on any atom is -0.0999 e. The summed E-state index contributed by atoms with van der Waals surface area (Å²) in [6, 6.07) is 0. The van der Waals surface area contributed by atoms with Crippen molar-refractivity contribution in [2.24, 2.45) is 0 Å². The van der Waals surface area contributed by atoms with Crippen LogP contribution in [-0.4, -0.2) is 12.6 Å². The molecular weight excluding hydrogens is 115 g/mol. The Labute approximate surface area is 36.1 Å². The van der Waals surface area contributed by atoms with Crippen molar-refractivity contribution in [1.29, 1.82) is 0 Å². The predicted molar refractivity (Wildman–Crippen MR) is 24.1 cm³/mol. The number of rotatable bonds is 0. The van der Waals surface area contributed by atoms with Crippen LogP contribution in [0.25, 0.3) is 0 Å². The summed E-state index contributed by atoms with van der Waals surface area (Å²) < 4.78 is 0.146. The van der Waals surface area contributed by atoms with Crippen molar-refractivity contribution in [3.05, 3.63) is 0 Å². The summed E-state index contributed by atoms with van der Waals surface area (Å²) in [5, 5.41) is 0. The van der Waals surface area contributed by atoms with Gasteiger partial charge in [-0.05, 0) is 4.73 Å². The largest absolute Gasteiger partial charge is 0.0999 e. The summed E-state index contributed by atoms with van der Waals surface area (Å²) in [7, 11) is 5.03. The van der Waals surface area contributed by atoms with Crippen LogP contribution in [-0.2, 0) is 0 Å². The van der Waals surface area contributed by atoms with Crippen LogP contribution < -0.4 is 0 Å². The fourth-order valence-electron chi connectivity index (χ4n) is 0. The standard InChI is InChI=1S/C2H4BBr/c1-2(3)4/h2H,1H3. The van der Waals surface area contributed by atoms with E-state index in [0.29, 0.717) is 0 Å². The lowest BCUT2D eigenvalue weighted by molar-refractivity contribution is 1.43. The second kappa shape index (κ2) is 1.83. The quantitative estimate of drug-likeness (QED) is 0.328. The van der Waals surface area contributed by atoms with Crippen molar-refractivity contribution in [2.75, 3.05) is 0 Å². The third kappa shape index (κ3) is 20.5. The van der Waals surface area contributed by atoms with Crippen LogP contribution in [0.1, 0.15) is 6.92 Å². The third-order valence-electron chi connectivity index (χ3n) is 0. The highest BCUT2D eigenvalue weighted by Gasteiger charge is 1.71. The first-order chi connectivity index (χ1) is 1.73. The van der Waals surface area contributed by atoms with E-state index in [1.54, 1.807) is 0 Å². The summed E-state index contributed by atoms with van der Waals surface area (Å²) >= 11 is 3.05. The van der Waals surface area contributed by atoms with Crippen LogP contribution in [0.5, 0.6) is 0 Å². The Bertz CT molecular complexity index is 10.8. The topological polar surface area (TPSA) is 0 Å². The van der Waals surface area contributed by atoms with Gasteiger partial charge in [-0.1, -0.05) is 22.9 Å². The Balaban J connectivity index is 2.32. The zero-order valence-electron chi connectivity index (χ0n) is 2.53. The van der Waals surface area contributed by atoms with Gasteiger partial charge in [-0.2, -0.15) is 0 Å². The van der Waals surface area contributed by atoms with Gasteiger partial charge in [0.15, 0.2) is 0 Å². The molecule has 0 nitrogen and oxygen atoms in total. The molecule has 0 heterocycles. The molecule has 0 saturated carbocycles. The number of hydrogen-bond donors (Lipinski definition) is 0. The molecule has 0 aromatic carbocycles. The Hall–Kier alpha value is 0.545. The molecule has 0 rings (SSSR count). The van der Waals surface area contributed by atoms with Crippen LogP contribution >= 0.6 is 15.9 Å². The Morgan fingerprint density at radius 2 is 2.00 bits per heavy atom. The normalized spacial score (nSPS) is 15.5. The fourth-order valence-corrected chi connectivity index (χ4v) is 0. The smallest absolute Gasteiger partial charge is 0.0851 e. The van der Waals surface area contributed by atoms with Crippen molar-refractivity contribution >= 4 is 23.8 Å². The van der Waals surface area contributed by atoms with Gasteiger partial charge in [0, 0.05) is 0 Å². The summed E-state index contributed by atoms with van der Waals surface area (Å²) in [4.78, 5) is 0. The number of alkyl halides is 1. The van der Waals surface area contributed by atoms with E-state index >= 15 is 0 Å². The van der Waals surface area contributed by atoms with E-state index in [-0.39, 0.29) is 4.73 Å². The van der Waals surface area contributed by atoms with Gasteiger partial charge >= 0.3 is 0 Å². The molecule has 1 unspecified atom stereocenters. The monoisotopic (exact) mass is 118 g/mol. The molecule has 0 aromatic heterocycles. The second-order valence-electron chi connectivity index (χ2n) is 0.678. The van der Waals surface area contributed by atoms with Crippen LogP contribution in [0.2, 0.25) is 0 Å². The van der Waals surface area contributed by atoms with E-state index in [0.717, 1.165) is 0 Å². The molecule has 0 spiro atoms. The van der Waals surface area contributed by atoms with E-state index in [4.69, 9.17) is 7.85 Å². The Morgan fingerprint density at radius 1 is 2.00 bits per heavy atom. The minimum atomic E-state index is 0.146. The number of halogens is 1. The van der Waals surface area contributed by atoms with E-state index < -0.39 is 0 Å². The lowest BCUT2D eigenvalue weighted by Crippen LogP contribution is -1.80. The van der Waals surface area contributed by atoms with Crippen LogP contribution in [0.15, 0.2) is 0 Å². The van der Waals surface area contributed by atoms with Crippen LogP contribution in [0, 0.1) is 0 Å². The maximum absolute atomic E-state index is 5.03. The molecule has 1 atom stereocenters. The Kier molecular flexibility index (Phi) is 2.08. The van der Waals surface area contributed by atoms with Gasteiger partial charge in [-0.25, -0.2) is 0 Å². The van der Waals surface area contributed by atoms with Gasteiger partial charge in [-0.15, -0.1) is 0 Å². The molecule has 2 heteroatoms. The number of hydrogen-bond acceptors (Lipinski definition) is 0. The maximum atomic E-state index is 5.03. The first kappa shape index (κ1) is 4.54.